The van der Waals surface area contributed by atoms with Crippen LogP contribution >= 0.6 is 0 Å². The third kappa shape index (κ3) is 2.35. The number of aliphatic hydroxyl groups is 2. The van der Waals surface area contributed by atoms with E-state index in [-0.39, 0.29) is 45.6 Å². The lowest BCUT2D eigenvalue weighted by Gasteiger charge is -2.64. The quantitative estimate of drug-likeness (QED) is 0.781. The van der Waals surface area contributed by atoms with Crippen LogP contribution in [-0.4, -0.2) is 34.5 Å². The van der Waals surface area contributed by atoms with Crippen LogP contribution in [0.4, 0.5) is 0 Å². The van der Waals surface area contributed by atoms with Crippen LogP contribution in [0.3, 0.4) is 0 Å². The zero-order valence-electron chi connectivity index (χ0n) is 16.9. The molecule has 0 aliphatic heterocycles. The van der Waals surface area contributed by atoms with Crippen molar-refractivity contribution in [3.63, 3.8) is 0 Å². The van der Waals surface area contributed by atoms with Crippen molar-refractivity contribution in [3.8, 4) is 0 Å². The van der Waals surface area contributed by atoms with E-state index in [1.165, 1.54) is 0 Å². The SMILES string of the molecule is CC1CC2C(C)(CC(O)C3C4(C)C=CC(=O)C=C4CCC32C)C1C(=O)CO. The number of hydrogen-bond acceptors (Lipinski definition) is 4. The van der Waals surface area contributed by atoms with E-state index in [1.54, 1.807) is 12.2 Å². The molecule has 3 fully saturated rings. The molecule has 3 saturated carbocycles. The minimum Gasteiger partial charge on any atom is -0.393 e. The van der Waals surface area contributed by atoms with Crippen LogP contribution in [0.2, 0.25) is 0 Å². The average molecular weight is 373 g/mol. The molecule has 0 aromatic heterocycles. The maximum absolute atomic E-state index is 12.6. The van der Waals surface area contributed by atoms with Crippen molar-refractivity contribution in [1.82, 2.24) is 0 Å². The predicted molar refractivity (Wildman–Crippen MR) is 103 cm³/mol. The topological polar surface area (TPSA) is 74.6 Å². The van der Waals surface area contributed by atoms with E-state index < -0.39 is 12.7 Å². The Hall–Kier alpha value is -1.26. The largest absolute Gasteiger partial charge is 0.393 e. The minimum absolute atomic E-state index is 0.0441. The zero-order chi connectivity index (χ0) is 19.8. The summed E-state index contributed by atoms with van der Waals surface area (Å²) in [4.78, 5) is 24.5. The van der Waals surface area contributed by atoms with E-state index >= 15 is 0 Å². The molecule has 0 radical (unpaired) electrons. The first-order valence-electron chi connectivity index (χ1n) is 10.3. The lowest BCUT2D eigenvalue weighted by molar-refractivity contribution is -0.169. The number of carbonyl (C=O) groups is 2. The number of fused-ring (bicyclic) bond motifs is 5. The third-order valence-corrected chi connectivity index (χ3v) is 8.91. The van der Waals surface area contributed by atoms with Crippen molar-refractivity contribution in [1.29, 1.82) is 0 Å². The van der Waals surface area contributed by atoms with Gasteiger partial charge in [-0.25, -0.2) is 0 Å². The summed E-state index contributed by atoms with van der Waals surface area (Å²) in [6.45, 7) is 8.35. The van der Waals surface area contributed by atoms with Gasteiger partial charge in [0.25, 0.3) is 0 Å². The number of rotatable bonds is 2. The number of carbonyl (C=O) groups excluding carboxylic acids is 2. The molecule has 4 aliphatic rings. The Labute approximate surface area is 161 Å². The van der Waals surface area contributed by atoms with Crippen LogP contribution in [0, 0.1) is 39.9 Å². The molecule has 8 unspecified atom stereocenters. The summed E-state index contributed by atoms with van der Waals surface area (Å²) in [6, 6.07) is 0. The summed E-state index contributed by atoms with van der Waals surface area (Å²) in [6.07, 6.45) is 8.28. The van der Waals surface area contributed by atoms with E-state index in [4.69, 9.17) is 0 Å². The number of aliphatic hydroxyl groups excluding tert-OH is 2. The number of hydrogen-bond donors (Lipinski definition) is 2. The fourth-order valence-corrected chi connectivity index (χ4v) is 8.14. The first kappa shape index (κ1) is 19.1. The molecule has 0 bridgehead atoms. The van der Waals surface area contributed by atoms with Gasteiger partial charge in [-0.15, -0.1) is 0 Å². The average Bonchev–Trinajstić information content (AvgIpc) is 2.86. The Morgan fingerprint density at radius 2 is 1.96 bits per heavy atom. The molecule has 0 spiro atoms. The molecular formula is C23H32O4. The van der Waals surface area contributed by atoms with Crippen LogP contribution in [-0.2, 0) is 9.59 Å². The Morgan fingerprint density at radius 3 is 2.63 bits per heavy atom. The summed E-state index contributed by atoms with van der Waals surface area (Å²) in [5.74, 6) is 0.376. The lowest BCUT2D eigenvalue weighted by Crippen LogP contribution is -2.61. The molecule has 0 saturated heterocycles. The van der Waals surface area contributed by atoms with Crippen molar-refractivity contribution < 1.29 is 19.8 Å². The lowest BCUT2D eigenvalue weighted by atomic mass is 9.41. The molecule has 0 heterocycles. The van der Waals surface area contributed by atoms with E-state index in [1.807, 2.05) is 6.08 Å². The fourth-order valence-electron chi connectivity index (χ4n) is 8.14. The molecule has 27 heavy (non-hydrogen) atoms. The van der Waals surface area contributed by atoms with Crippen LogP contribution in [0.1, 0.15) is 53.4 Å². The van der Waals surface area contributed by atoms with E-state index in [9.17, 15) is 19.8 Å². The van der Waals surface area contributed by atoms with Crippen LogP contribution < -0.4 is 0 Å². The summed E-state index contributed by atoms with van der Waals surface area (Å²) < 4.78 is 0. The fraction of sp³-hybridized carbons (Fsp3) is 0.739. The normalized spacial score (nSPS) is 51.3. The molecule has 2 N–H and O–H groups in total. The molecular weight excluding hydrogens is 340 g/mol. The van der Waals surface area contributed by atoms with Gasteiger partial charge in [0.2, 0.25) is 0 Å². The highest BCUT2D eigenvalue weighted by molar-refractivity contribution is 6.01. The van der Waals surface area contributed by atoms with Gasteiger partial charge in [-0.05, 0) is 60.5 Å². The first-order valence-corrected chi connectivity index (χ1v) is 10.3. The first-order chi connectivity index (χ1) is 12.6. The van der Waals surface area contributed by atoms with E-state index in [0.717, 1.165) is 24.8 Å². The van der Waals surface area contributed by atoms with E-state index in [0.29, 0.717) is 12.3 Å². The summed E-state index contributed by atoms with van der Waals surface area (Å²) in [5, 5.41) is 20.9. The molecule has 4 heteroatoms. The maximum atomic E-state index is 12.6. The molecule has 4 rings (SSSR count). The Morgan fingerprint density at radius 1 is 1.26 bits per heavy atom. The molecule has 148 valence electrons. The Kier molecular flexibility index (Phi) is 4.15. The second kappa shape index (κ2) is 5.87. The molecule has 0 aromatic rings. The summed E-state index contributed by atoms with van der Waals surface area (Å²) in [7, 11) is 0. The number of Topliss-reactive ketones (excluding diaryl/α,β-unsaturated/α-hetero) is 1. The summed E-state index contributed by atoms with van der Waals surface area (Å²) >= 11 is 0. The van der Waals surface area contributed by atoms with Crippen molar-refractivity contribution in [2.24, 2.45) is 39.9 Å². The van der Waals surface area contributed by atoms with Gasteiger partial charge in [0.15, 0.2) is 11.6 Å². The van der Waals surface area contributed by atoms with Crippen LogP contribution in [0.15, 0.2) is 23.8 Å². The van der Waals surface area contributed by atoms with Gasteiger partial charge in [0, 0.05) is 17.3 Å². The molecule has 4 aliphatic carbocycles. The van der Waals surface area contributed by atoms with Gasteiger partial charge >= 0.3 is 0 Å². The van der Waals surface area contributed by atoms with Gasteiger partial charge < -0.3 is 10.2 Å². The van der Waals surface area contributed by atoms with Gasteiger partial charge in [-0.3, -0.25) is 9.59 Å². The predicted octanol–water partition coefficient (Wildman–Crippen LogP) is 3.08. The summed E-state index contributed by atoms with van der Waals surface area (Å²) in [5.41, 5.74) is 0.468. The zero-order valence-corrected chi connectivity index (χ0v) is 16.9. The van der Waals surface area contributed by atoms with Crippen molar-refractivity contribution in [2.75, 3.05) is 6.61 Å². The van der Waals surface area contributed by atoms with Gasteiger partial charge in [-0.2, -0.15) is 0 Å². The Balaban J connectivity index is 1.80. The second-order valence-corrected chi connectivity index (χ2v) is 10.3. The van der Waals surface area contributed by atoms with Crippen molar-refractivity contribution >= 4 is 11.6 Å². The maximum Gasteiger partial charge on any atom is 0.178 e. The highest BCUT2D eigenvalue weighted by Crippen LogP contribution is 2.71. The van der Waals surface area contributed by atoms with Crippen LogP contribution in [0.25, 0.3) is 0 Å². The number of ketones is 2. The number of allylic oxidation sites excluding steroid dienone is 4. The highest BCUT2D eigenvalue weighted by Gasteiger charge is 2.68. The Bertz CT molecular complexity index is 751. The van der Waals surface area contributed by atoms with Gasteiger partial charge in [0.05, 0.1) is 6.10 Å². The molecule has 0 aromatic carbocycles. The third-order valence-electron chi connectivity index (χ3n) is 8.91. The highest BCUT2D eigenvalue weighted by atomic mass is 16.3. The minimum atomic E-state index is -0.526. The van der Waals surface area contributed by atoms with Gasteiger partial charge in [-0.1, -0.05) is 39.3 Å². The molecule has 0 amide bonds. The monoisotopic (exact) mass is 372 g/mol. The van der Waals surface area contributed by atoms with Crippen molar-refractivity contribution in [2.45, 2.75) is 59.5 Å². The van der Waals surface area contributed by atoms with E-state index in [2.05, 4.69) is 27.7 Å². The molecule has 4 nitrogen and oxygen atoms in total. The second-order valence-electron chi connectivity index (χ2n) is 10.3. The molecule has 8 atom stereocenters. The van der Waals surface area contributed by atoms with Crippen LogP contribution in [0.5, 0.6) is 0 Å². The smallest absolute Gasteiger partial charge is 0.178 e. The standard InChI is InChI=1S/C23H32O4/c1-13-9-18-22(3)7-5-14-10-15(25)6-8-21(14,2)20(22)16(26)11-23(18,4)19(13)17(27)12-24/h6,8,10,13,16,18-20,24,26H,5,7,9,11-12H2,1-4H3. The van der Waals surface area contributed by atoms with Crippen molar-refractivity contribution in [3.05, 3.63) is 23.8 Å². The van der Waals surface area contributed by atoms with Gasteiger partial charge in [0.1, 0.15) is 6.61 Å².